The summed E-state index contributed by atoms with van der Waals surface area (Å²) in [6, 6.07) is 6.00. The van der Waals surface area contributed by atoms with Crippen molar-refractivity contribution in [1.82, 2.24) is 19.3 Å². The van der Waals surface area contributed by atoms with Gasteiger partial charge in [-0.05, 0) is 38.2 Å². The number of rotatable bonds is 4. The molecular formula is C15H18N4OS. The van der Waals surface area contributed by atoms with E-state index in [2.05, 4.69) is 20.7 Å². The summed E-state index contributed by atoms with van der Waals surface area (Å²) in [4.78, 5) is 3.25. The Labute approximate surface area is 128 Å². The fourth-order valence-electron chi connectivity index (χ4n) is 2.56. The third kappa shape index (κ3) is 2.47. The fourth-order valence-corrected chi connectivity index (χ4v) is 2.83. The Bertz CT molecular complexity index is 843. The van der Waals surface area contributed by atoms with Crippen LogP contribution in [-0.4, -0.2) is 25.9 Å². The molecule has 1 N–H and O–H groups in total. The molecule has 0 unspecified atom stereocenters. The fraction of sp³-hybridized carbons (Fsp3) is 0.333. The van der Waals surface area contributed by atoms with Gasteiger partial charge >= 0.3 is 0 Å². The molecule has 0 aliphatic heterocycles. The maximum absolute atomic E-state index is 5.66. The molecule has 0 saturated carbocycles. The number of H-pyrrole nitrogens is 1. The average Bonchev–Trinajstić information content (AvgIpc) is 2.92. The molecule has 0 amide bonds. The smallest absolute Gasteiger partial charge is 0.178 e. The lowest BCUT2D eigenvalue weighted by Gasteiger charge is -2.06. The van der Waals surface area contributed by atoms with Crippen molar-refractivity contribution < 1.29 is 4.74 Å². The molecule has 0 spiro atoms. The third-order valence-corrected chi connectivity index (χ3v) is 3.84. The van der Waals surface area contributed by atoms with Crippen molar-refractivity contribution in [3.05, 3.63) is 40.4 Å². The van der Waals surface area contributed by atoms with Crippen LogP contribution in [0.15, 0.2) is 24.4 Å². The number of benzene rings is 1. The molecule has 5 nitrogen and oxygen atoms in total. The minimum Gasteiger partial charge on any atom is -0.492 e. The number of fused-ring (bicyclic) bond motifs is 1. The van der Waals surface area contributed by atoms with Crippen LogP contribution in [0, 0.1) is 11.7 Å². The summed E-state index contributed by atoms with van der Waals surface area (Å²) in [5.74, 6) is 0.836. The Morgan fingerprint density at radius 2 is 2.19 bits per heavy atom. The first-order valence-corrected chi connectivity index (χ1v) is 7.34. The molecule has 0 atom stereocenters. The van der Waals surface area contributed by atoms with Crippen molar-refractivity contribution in [2.24, 2.45) is 7.05 Å². The van der Waals surface area contributed by atoms with Crippen molar-refractivity contribution in [3.8, 4) is 5.75 Å². The van der Waals surface area contributed by atoms with Crippen molar-refractivity contribution in [1.29, 1.82) is 0 Å². The number of nitrogens with zero attached hydrogens (tertiary/aromatic N) is 3. The van der Waals surface area contributed by atoms with E-state index in [0.29, 0.717) is 17.9 Å². The maximum Gasteiger partial charge on any atom is 0.178 e. The number of hydrogen-bond acceptors (Lipinski definition) is 3. The summed E-state index contributed by atoms with van der Waals surface area (Å²) in [5.41, 5.74) is 4.19. The SMILES string of the molecule is CCOc1cccc2c1[nH]c(=S)n2Cc1cn(C)nc1C. The topological polar surface area (TPSA) is 47.8 Å². The lowest BCUT2D eigenvalue weighted by Crippen LogP contribution is -2.00. The van der Waals surface area contributed by atoms with Crippen molar-refractivity contribution in [3.63, 3.8) is 0 Å². The van der Waals surface area contributed by atoms with E-state index in [4.69, 9.17) is 17.0 Å². The summed E-state index contributed by atoms with van der Waals surface area (Å²) in [7, 11) is 1.93. The highest BCUT2D eigenvalue weighted by atomic mass is 32.1. The summed E-state index contributed by atoms with van der Waals surface area (Å²) >= 11 is 5.47. The van der Waals surface area contributed by atoms with Crippen LogP contribution in [0.1, 0.15) is 18.2 Å². The first-order valence-electron chi connectivity index (χ1n) is 6.93. The Hall–Kier alpha value is -2.08. The number of para-hydroxylation sites is 1. The third-order valence-electron chi connectivity index (χ3n) is 3.52. The van der Waals surface area contributed by atoms with Gasteiger partial charge in [-0.15, -0.1) is 0 Å². The molecule has 0 aliphatic rings. The van der Waals surface area contributed by atoms with Gasteiger partial charge in [-0.25, -0.2) is 0 Å². The van der Waals surface area contributed by atoms with Crippen LogP contribution in [0.25, 0.3) is 11.0 Å². The minimum atomic E-state index is 0.632. The van der Waals surface area contributed by atoms with Gasteiger partial charge in [-0.3, -0.25) is 4.68 Å². The summed E-state index contributed by atoms with van der Waals surface area (Å²) in [6.07, 6.45) is 2.03. The molecule has 1 aromatic carbocycles. The van der Waals surface area contributed by atoms with Gasteiger partial charge in [0.1, 0.15) is 11.3 Å². The lowest BCUT2D eigenvalue weighted by atomic mass is 10.2. The summed E-state index contributed by atoms with van der Waals surface area (Å²) in [6.45, 7) is 5.32. The predicted octanol–water partition coefficient (Wildman–Crippen LogP) is 3.19. The number of hydrogen-bond donors (Lipinski definition) is 1. The molecule has 2 aromatic heterocycles. The van der Waals surface area contributed by atoms with E-state index >= 15 is 0 Å². The van der Waals surface area contributed by atoms with Crippen LogP contribution >= 0.6 is 12.2 Å². The van der Waals surface area contributed by atoms with Crippen molar-refractivity contribution >= 4 is 23.3 Å². The average molecular weight is 302 g/mol. The van der Waals surface area contributed by atoms with Crippen LogP contribution in [0.5, 0.6) is 5.75 Å². The molecule has 0 bridgehead atoms. The van der Waals surface area contributed by atoms with E-state index in [-0.39, 0.29) is 0 Å². The number of aromatic amines is 1. The predicted molar refractivity (Wildman–Crippen MR) is 85.3 cm³/mol. The lowest BCUT2D eigenvalue weighted by molar-refractivity contribution is 0.343. The van der Waals surface area contributed by atoms with Gasteiger partial charge in [0.15, 0.2) is 4.77 Å². The first kappa shape index (κ1) is 13.9. The Kier molecular flexibility index (Phi) is 3.55. The number of aromatic nitrogens is 4. The van der Waals surface area contributed by atoms with Gasteiger partial charge in [0.05, 0.1) is 24.4 Å². The van der Waals surface area contributed by atoms with Crippen LogP contribution in [-0.2, 0) is 13.6 Å². The molecule has 0 aliphatic carbocycles. The van der Waals surface area contributed by atoms with E-state index in [1.165, 1.54) is 0 Å². The second-order valence-corrected chi connectivity index (χ2v) is 5.40. The second kappa shape index (κ2) is 5.37. The van der Waals surface area contributed by atoms with Crippen LogP contribution in [0.3, 0.4) is 0 Å². The van der Waals surface area contributed by atoms with E-state index < -0.39 is 0 Å². The van der Waals surface area contributed by atoms with E-state index in [0.717, 1.165) is 28.0 Å². The van der Waals surface area contributed by atoms with Crippen LogP contribution in [0.4, 0.5) is 0 Å². The molecule has 6 heteroatoms. The maximum atomic E-state index is 5.66. The zero-order chi connectivity index (χ0) is 15.0. The number of nitrogens with one attached hydrogen (secondary N) is 1. The Balaban J connectivity index is 2.10. The van der Waals surface area contributed by atoms with Gasteiger partial charge in [-0.2, -0.15) is 5.10 Å². The quantitative estimate of drug-likeness (QED) is 0.753. The number of aryl methyl sites for hydroxylation is 2. The molecule has 0 saturated heterocycles. The molecular weight excluding hydrogens is 284 g/mol. The molecule has 2 heterocycles. The normalized spacial score (nSPS) is 11.2. The van der Waals surface area contributed by atoms with E-state index in [1.54, 1.807) is 0 Å². The molecule has 110 valence electrons. The summed E-state index contributed by atoms with van der Waals surface area (Å²) < 4.78 is 10.3. The largest absolute Gasteiger partial charge is 0.492 e. The molecule has 3 aromatic rings. The molecule has 0 fully saturated rings. The monoisotopic (exact) mass is 302 g/mol. The number of imidazole rings is 1. The van der Waals surface area contributed by atoms with Gasteiger partial charge in [0.2, 0.25) is 0 Å². The molecule has 21 heavy (non-hydrogen) atoms. The Morgan fingerprint density at radius 1 is 1.38 bits per heavy atom. The van der Waals surface area contributed by atoms with E-state index in [9.17, 15) is 0 Å². The highest BCUT2D eigenvalue weighted by molar-refractivity contribution is 7.71. The zero-order valence-electron chi connectivity index (χ0n) is 12.4. The van der Waals surface area contributed by atoms with Crippen LogP contribution in [0.2, 0.25) is 0 Å². The zero-order valence-corrected chi connectivity index (χ0v) is 13.2. The molecule has 0 radical (unpaired) electrons. The second-order valence-electron chi connectivity index (χ2n) is 5.01. The summed E-state index contributed by atoms with van der Waals surface area (Å²) in [5, 5.41) is 4.38. The van der Waals surface area contributed by atoms with Gasteiger partial charge in [0, 0.05) is 18.8 Å². The standard InChI is InChI=1S/C15H18N4OS/c1-4-20-13-7-5-6-12-14(13)16-15(21)19(12)9-11-8-18(3)17-10(11)2/h5-8H,4,9H2,1-3H3,(H,16,21). The van der Waals surface area contributed by atoms with Crippen molar-refractivity contribution in [2.45, 2.75) is 20.4 Å². The Morgan fingerprint density at radius 3 is 2.86 bits per heavy atom. The minimum absolute atomic E-state index is 0.632. The van der Waals surface area contributed by atoms with E-state index in [1.807, 2.05) is 43.9 Å². The highest BCUT2D eigenvalue weighted by Crippen LogP contribution is 2.25. The molecule has 3 rings (SSSR count). The van der Waals surface area contributed by atoms with Gasteiger partial charge in [-0.1, -0.05) is 6.07 Å². The van der Waals surface area contributed by atoms with Crippen LogP contribution < -0.4 is 4.74 Å². The first-order chi connectivity index (χ1) is 10.1. The van der Waals surface area contributed by atoms with Crippen molar-refractivity contribution in [2.75, 3.05) is 6.61 Å². The van der Waals surface area contributed by atoms with Gasteiger partial charge in [0.25, 0.3) is 0 Å². The van der Waals surface area contributed by atoms with Gasteiger partial charge < -0.3 is 14.3 Å². The number of ether oxygens (including phenoxy) is 1. The highest BCUT2D eigenvalue weighted by Gasteiger charge is 2.11.